The first kappa shape index (κ1) is 35.1. The van der Waals surface area contributed by atoms with Crippen LogP contribution in [0.2, 0.25) is 0 Å². The summed E-state index contributed by atoms with van der Waals surface area (Å²) in [6.07, 6.45) is 0. The number of anilines is 3. The van der Waals surface area contributed by atoms with Crippen LogP contribution in [-0.4, -0.2) is 4.57 Å². The van der Waals surface area contributed by atoms with E-state index in [1.54, 1.807) is 0 Å². The van der Waals surface area contributed by atoms with Crippen LogP contribution in [-0.2, 0) is 11.0 Å². The van der Waals surface area contributed by atoms with E-state index in [1.165, 1.54) is 93.4 Å². The van der Waals surface area contributed by atoms with E-state index in [4.69, 9.17) is 0 Å². The van der Waals surface area contributed by atoms with Gasteiger partial charge >= 0.3 is 0 Å². The SMILES string of the molecule is CC1(C)c2ccccc2-c2ccc(N(c3ccc4c(c3)c3ccccc3n4C3(c4ccc5ccccc5c4)c4ccccc4-c4ccccc43)c3cccc4ccccc34)cc21. The summed E-state index contributed by atoms with van der Waals surface area (Å²) < 4.78 is 2.66. The topological polar surface area (TPSA) is 8.17 Å². The molecule has 1 heterocycles. The molecule has 13 rings (SSSR count). The first-order valence-corrected chi connectivity index (χ1v) is 21.8. The fourth-order valence-electron chi connectivity index (χ4n) is 11.4. The summed E-state index contributed by atoms with van der Waals surface area (Å²) in [5.74, 6) is 0. The number of rotatable bonds is 5. The Morgan fingerprint density at radius 1 is 0.355 bits per heavy atom. The van der Waals surface area contributed by atoms with E-state index >= 15 is 0 Å². The van der Waals surface area contributed by atoms with Gasteiger partial charge in [-0.05, 0) is 115 Å². The Morgan fingerprint density at radius 3 is 1.68 bits per heavy atom. The maximum absolute atomic E-state index is 2.66. The van der Waals surface area contributed by atoms with Crippen molar-refractivity contribution in [3.8, 4) is 22.3 Å². The average Bonchev–Trinajstić information content (AvgIpc) is 3.90. The summed E-state index contributed by atoms with van der Waals surface area (Å²) >= 11 is 0. The highest BCUT2D eigenvalue weighted by molar-refractivity contribution is 6.11. The van der Waals surface area contributed by atoms with Gasteiger partial charge in [0.2, 0.25) is 0 Å². The summed E-state index contributed by atoms with van der Waals surface area (Å²) in [6, 6.07) is 81.7. The minimum Gasteiger partial charge on any atom is -0.322 e. The molecule has 2 nitrogen and oxygen atoms in total. The lowest BCUT2D eigenvalue weighted by atomic mass is 9.79. The Bertz CT molecular complexity index is 3590. The van der Waals surface area contributed by atoms with Gasteiger partial charge in [0.1, 0.15) is 5.54 Å². The average molecular weight is 791 g/mol. The van der Waals surface area contributed by atoms with Gasteiger partial charge in [-0.3, -0.25) is 0 Å². The minimum absolute atomic E-state index is 0.130. The van der Waals surface area contributed by atoms with E-state index in [2.05, 4.69) is 242 Å². The molecule has 0 fully saturated rings. The lowest BCUT2D eigenvalue weighted by Gasteiger charge is -2.37. The van der Waals surface area contributed by atoms with Crippen LogP contribution < -0.4 is 4.90 Å². The molecule has 0 amide bonds. The predicted molar refractivity (Wildman–Crippen MR) is 260 cm³/mol. The van der Waals surface area contributed by atoms with Gasteiger partial charge in [0.25, 0.3) is 0 Å². The van der Waals surface area contributed by atoms with E-state index in [-0.39, 0.29) is 5.41 Å². The lowest BCUT2D eigenvalue weighted by molar-refractivity contribution is 0.564. The molecule has 0 atom stereocenters. The number of nitrogens with zero attached hydrogens (tertiary/aromatic N) is 2. The summed E-state index contributed by atoms with van der Waals surface area (Å²) in [4.78, 5) is 2.49. The van der Waals surface area contributed by atoms with Crippen LogP contribution in [0, 0.1) is 0 Å². The third kappa shape index (κ3) is 4.69. The Balaban J connectivity index is 1.11. The van der Waals surface area contributed by atoms with Crippen molar-refractivity contribution in [3.05, 3.63) is 246 Å². The van der Waals surface area contributed by atoms with Gasteiger partial charge in [0, 0.05) is 32.9 Å². The Kier molecular flexibility index (Phi) is 7.31. The second-order valence-corrected chi connectivity index (χ2v) is 17.7. The van der Waals surface area contributed by atoms with Crippen LogP contribution in [0.25, 0.3) is 65.6 Å². The monoisotopic (exact) mass is 790 g/mol. The third-order valence-electron chi connectivity index (χ3n) is 14.2. The first-order valence-electron chi connectivity index (χ1n) is 21.8. The van der Waals surface area contributed by atoms with E-state index in [9.17, 15) is 0 Å². The van der Waals surface area contributed by atoms with Gasteiger partial charge in [-0.15, -0.1) is 0 Å². The van der Waals surface area contributed by atoms with Crippen LogP contribution in [0.1, 0.15) is 41.7 Å². The highest BCUT2D eigenvalue weighted by Crippen LogP contribution is 2.57. The van der Waals surface area contributed by atoms with Crippen molar-refractivity contribution in [1.29, 1.82) is 0 Å². The van der Waals surface area contributed by atoms with Crippen molar-refractivity contribution in [3.63, 3.8) is 0 Å². The standard InChI is InChI=1S/C60H42N2/c1-59(2)52-25-11-7-21-46(52)49-34-32-44(38-55(49)59)61(56-29-15-19-40-17-5-6-20-45(40)56)43-33-35-58-51(37-43)50-24-10-14-28-57(50)62(58)60(42-31-30-39-16-3-4-18-41(39)36-42)53-26-12-8-22-47(53)48-23-9-13-27-54(48)60/h3-38H,1-2H3. The minimum atomic E-state index is -0.643. The van der Waals surface area contributed by atoms with Crippen molar-refractivity contribution < 1.29 is 0 Å². The molecule has 0 aliphatic heterocycles. The van der Waals surface area contributed by atoms with Crippen molar-refractivity contribution >= 4 is 60.4 Å². The van der Waals surface area contributed by atoms with Gasteiger partial charge in [0.15, 0.2) is 0 Å². The predicted octanol–water partition coefficient (Wildman–Crippen LogP) is 15.7. The van der Waals surface area contributed by atoms with Gasteiger partial charge in [-0.25, -0.2) is 0 Å². The molecule has 0 spiro atoms. The third-order valence-corrected chi connectivity index (χ3v) is 14.2. The zero-order valence-corrected chi connectivity index (χ0v) is 34.7. The second-order valence-electron chi connectivity index (χ2n) is 17.7. The molecule has 2 heteroatoms. The summed E-state index contributed by atoms with van der Waals surface area (Å²) in [5, 5.41) is 7.37. The molecule has 0 unspecified atom stereocenters. The zero-order valence-electron chi connectivity index (χ0n) is 34.7. The molecule has 0 saturated carbocycles. The van der Waals surface area contributed by atoms with Crippen molar-refractivity contribution in [2.45, 2.75) is 24.8 Å². The second kappa shape index (κ2) is 12.9. The lowest BCUT2D eigenvalue weighted by Crippen LogP contribution is -2.35. The molecular formula is C60H42N2. The number of benzene rings is 10. The van der Waals surface area contributed by atoms with Crippen LogP contribution in [0.5, 0.6) is 0 Å². The molecule has 11 aromatic rings. The normalized spacial score (nSPS) is 14.2. The van der Waals surface area contributed by atoms with E-state index < -0.39 is 5.54 Å². The smallest absolute Gasteiger partial charge is 0.122 e. The van der Waals surface area contributed by atoms with E-state index in [0.29, 0.717) is 0 Å². The molecular weight excluding hydrogens is 749 g/mol. The van der Waals surface area contributed by atoms with E-state index in [0.717, 1.165) is 17.1 Å². The number of hydrogen-bond donors (Lipinski definition) is 0. The maximum Gasteiger partial charge on any atom is 0.122 e. The molecule has 292 valence electrons. The Labute approximate surface area is 361 Å². The summed E-state index contributed by atoms with van der Waals surface area (Å²) in [5.41, 5.74) is 16.8. The zero-order chi connectivity index (χ0) is 41.2. The fourth-order valence-corrected chi connectivity index (χ4v) is 11.4. The van der Waals surface area contributed by atoms with Crippen LogP contribution in [0.15, 0.2) is 218 Å². The maximum atomic E-state index is 2.66. The Morgan fingerprint density at radius 2 is 0.903 bits per heavy atom. The molecule has 0 N–H and O–H groups in total. The number of para-hydroxylation sites is 1. The largest absolute Gasteiger partial charge is 0.322 e. The fraction of sp³-hybridized carbons (Fsp3) is 0.0667. The highest BCUT2D eigenvalue weighted by Gasteiger charge is 2.47. The van der Waals surface area contributed by atoms with Gasteiger partial charge in [-0.2, -0.15) is 0 Å². The van der Waals surface area contributed by atoms with Gasteiger partial charge in [-0.1, -0.05) is 184 Å². The molecule has 0 radical (unpaired) electrons. The number of hydrogen-bond acceptors (Lipinski definition) is 1. The summed E-state index contributed by atoms with van der Waals surface area (Å²) in [7, 11) is 0. The van der Waals surface area contributed by atoms with Crippen LogP contribution in [0.3, 0.4) is 0 Å². The van der Waals surface area contributed by atoms with Crippen molar-refractivity contribution in [1.82, 2.24) is 4.57 Å². The van der Waals surface area contributed by atoms with E-state index in [1.807, 2.05) is 0 Å². The molecule has 1 aromatic heterocycles. The number of aromatic nitrogens is 1. The summed E-state index contributed by atoms with van der Waals surface area (Å²) in [6.45, 7) is 4.74. The Hall–Kier alpha value is -7.68. The molecule has 10 aromatic carbocycles. The first-order chi connectivity index (χ1) is 30.5. The molecule has 0 bridgehead atoms. The van der Waals surface area contributed by atoms with Gasteiger partial charge < -0.3 is 9.47 Å². The molecule has 2 aliphatic carbocycles. The van der Waals surface area contributed by atoms with Crippen LogP contribution in [0.4, 0.5) is 17.1 Å². The number of fused-ring (bicyclic) bond motifs is 11. The molecule has 2 aliphatic rings. The molecule has 62 heavy (non-hydrogen) atoms. The van der Waals surface area contributed by atoms with Crippen molar-refractivity contribution in [2.24, 2.45) is 0 Å². The molecule has 0 saturated heterocycles. The highest BCUT2D eigenvalue weighted by atomic mass is 15.1. The van der Waals surface area contributed by atoms with Crippen LogP contribution >= 0.6 is 0 Å². The van der Waals surface area contributed by atoms with Gasteiger partial charge in [0.05, 0.1) is 16.7 Å². The quantitative estimate of drug-likeness (QED) is 0.169. The van der Waals surface area contributed by atoms with Crippen molar-refractivity contribution in [2.75, 3.05) is 4.90 Å².